The van der Waals surface area contributed by atoms with Crippen LogP contribution in [0.5, 0.6) is 5.75 Å². The summed E-state index contributed by atoms with van der Waals surface area (Å²) in [6, 6.07) is 5.26. The van der Waals surface area contributed by atoms with E-state index in [0.29, 0.717) is 23.5 Å². The quantitative estimate of drug-likeness (QED) is 0.756. The molecule has 0 radical (unpaired) electrons. The van der Waals surface area contributed by atoms with Crippen molar-refractivity contribution in [1.82, 2.24) is 0 Å². The molecule has 1 aromatic rings. The molecule has 0 saturated carbocycles. The molecule has 1 N–H and O–H groups in total. The second kappa shape index (κ2) is 3.84. The van der Waals surface area contributed by atoms with Crippen molar-refractivity contribution in [3.8, 4) is 5.75 Å². The third kappa shape index (κ3) is 1.50. The zero-order valence-electron chi connectivity index (χ0n) is 9.06. The van der Waals surface area contributed by atoms with Crippen LogP contribution in [0, 0.1) is 0 Å². The van der Waals surface area contributed by atoms with Gasteiger partial charge in [-0.05, 0) is 19.1 Å². The predicted molar refractivity (Wildman–Crippen MR) is 59.6 cm³/mol. The van der Waals surface area contributed by atoms with E-state index in [9.17, 15) is 9.59 Å². The van der Waals surface area contributed by atoms with Gasteiger partial charge in [0.1, 0.15) is 0 Å². The van der Waals surface area contributed by atoms with Gasteiger partial charge in [0.15, 0.2) is 11.9 Å². The van der Waals surface area contributed by atoms with Crippen molar-refractivity contribution < 1.29 is 14.3 Å². The third-order valence-electron chi connectivity index (χ3n) is 2.54. The average molecular weight is 220 g/mol. The number of anilines is 2. The summed E-state index contributed by atoms with van der Waals surface area (Å²) < 4.78 is 5.49. The van der Waals surface area contributed by atoms with Crippen LogP contribution in [0.3, 0.4) is 0 Å². The lowest BCUT2D eigenvalue weighted by Crippen LogP contribution is -2.42. The molecule has 0 spiro atoms. The maximum absolute atomic E-state index is 11.7. The molecule has 1 aliphatic rings. The number of benzene rings is 1. The number of nitrogens with one attached hydrogen (secondary N) is 1. The van der Waals surface area contributed by atoms with Gasteiger partial charge in [0.05, 0.1) is 11.4 Å². The number of likely N-dealkylation sites (N-methyl/N-ethyl adjacent to an activating group) is 1. The first kappa shape index (κ1) is 10.5. The Morgan fingerprint density at radius 2 is 2.25 bits per heavy atom. The molecule has 0 saturated heterocycles. The molecule has 0 aromatic heterocycles. The molecule has 0 aliphatic carbocycles. The minimum atomic E-state index is -0.535. The van der Waals surface area contributed by atoms with Crippen molar-refractivity contribution in [3.63, 3.8) is 0 Å². The molecule has 0 bridgehead atoms. The van der Waals surface area contributed by atoms with Gasteiger partial charge in [0.25, 0.3) is 5.91 Å². The summed E-state index contributed by atoms with van der Waals surface area (Å²) in [7, 11) is 1.69. The number of carbonyl (C=O) groups excluding carboxylic acids is 2. The highest BCUT2D eigenvalue weighted by Gasteiger charge is 2.30. The summed E-state index contributed by atoms with van der Waals surface area (Å²) in [4.78, 5) is 23.6. The van der Waals surface area contributed by atoms with E-state index in [1.807, 2.05) is 0 Å². The highest BCUT2D eigenvalue weighted by atomic mass is 16.5. The van der Waals surface area contributed by atoms with E-state index in [0.717, 1.165) is 0 Å². The van der Waals surface area contributed by atoms with Crippen molar-refractivity contribution in [2.24, 2.45) is 0 Å². The number of carbonyl (C=O) groups is 2. The number of ether oxygens (including phenoxy) is 1. The molecule has 5 nitrogen and oxygen atoms in total. The number of amides is 2. The van der Waals surface area contributed by atoms with Gasteiger partial charge in [-0.3, -0.25) is 9.59 Å². The maximum Gasteiger partial charge on any atom is 0.267 e. The Kier molecular flexibility index (Phi) is 2.52. The van der Waals surface area contributed by atoms with Crippen LogP contribution in [0.4, 0.5) is 11.4 Å². The first-order chi connectivity index (χ1) is 7.65. The van der Waals surface area contributed by atoms with Gasteiger partial charge in [-0.25, -0.2) is 0 Å². The molecule has 1 atom stereocenters. The maximum atomic E-state index is 11.7. The Morgan fingerprint density at radius 3 is 2.94 bits per heavy atom. The zero-order valence-corrected chi connectivity index (χ0v) is 9.06. The Hall–Kier alpha value is -2.04. The van der Waals surface area contributed by atoms with Crippen molar-refractivity contribution >= 4 is 23.7 Å². The van der Waals surface area contributed by atoms with Crippen LogP contribution in [-0.2, 0) is 9.59 Å². The molecule has 2 amide bonds. The molecular weight excluding hydrogens is 208 g/mol. The minimum absolute atomic E-state index is 0.101. The lowest BCUT2D eigenvalue weighted by molar-refractivity contribution is -0.125. The second-order valence-corrected chi connectivity index (χ2v) is 3.57. The molecule has 5 heteroatoms. The van der Waals surface area contributed by atoms with Crippen molar-refractivity contribution in [3.05, 3.63) is 18.2 Å². The van der Waals surface area contributed by atoms with Gasteiger partial charge in [-0.1, -0.05) is 6.07 Å². The fourth-order valence-electron chi connectivity index (χ4n) is 1.71. The summed E-state index contributed by atoms with van der Waals surface area (Å²) in [5.74, 6) is 0.431. The summed E-state index contributed by atoms with van der Waals surface area (Å²) in [5, 5.41) is 2.55. The number of hydrogen-bond donors (Lipinski definition) is 1. The SMILES string of the molecule is CC1Oc2c(NC=O)cccc2N(C)C1=O. The standard InChI is InChI=1S/C11H12N2O3/c1-7-11(15)13(2)9-5-3-4-8(12-6-14)10(9)16-7/h3-7H,1-2H3,(H,12,14). The molecule has 1 aliphatic heterocycles. The largest absolute Gasteiger partial charge is 0.476 e. The highest BCUT2D eigenvalue weighted by Crippen LogP contribution is 2.39. The molecule has 0 fully saturated rings. The van der Waals surface area contributed by atoms with Crippen LogP contribution in [-0.4, -0.2) is 25.5 Å². The van der Waals surface area contributed by atoms with E-state index in [1.165, 1.54) is 4.90 Å². The molecular formula is C11H12N2O3. The number of para-hydroxylation sites is 1. The Balaban J connectivity index is 2.50. The number of fused-ring (bicyclic) bond motifs is 1. The lowest BCUT2D eigenvalue weighted by Gasteiger charge is -2.31. The summed E-state index contributed by atoms with van der Waals surface area (Å²) in [5.41, 5.74) is 1.23. The number of nitrogens with zero attached hydrogens (tertiary/aromatic N) is 1. The van der Waals surface area contributed by atoms with Crippen LogP contribution in [0.2, 0.25) is 0 Å². The van der Waals surface area contributed by atoms with Crippen LogP contribution in [0.25, 0.3) is 0 Å². The van der Waals surface area contributed by atoms with Crippen molar-refractivity contribution in [2.75, 3.05) is 17.3 Å². The first-order valence-corrected chi connectivity index (χ1v) is 4.92. The van der Waals surface area contributed by atoms with Crippen LogP contribution in [0.1, 0.15) is 6.92 Å². The monoisotopic (exact) mass is 220 g/mol. The van der Waals surface area contributed by atoms with Gasteiger partial charge in [-0.15, -0.1) is 0 Å². The van der Waals surface area contributed by atoms with Gasteiger partial charge in [0.2, 0.25) is 6.41 Å². The van der Waals surface area contributed by atoms with Crippen LogP contribution in [0.15, 0.2) is 18.2 Å². The molecule has 84 valence electrons. The van der Waals surface area contributed by atoms with Gasteiger partial charge >= 0.3 is 0 Å². The average Bonchev–Trinajstić information content (AvgIpc) is 2.28. The van der Waals surface area contributed by atoms with E-state index >= 15 is 0 Å². The van der Waals surface area contributed by atoms with Crippen LogP contribution < -0.4 is 15.0 Å². The molecule has 2 rings (SSSR count). The zero-order chi connectivity index (χ0) is 11.7. The second-order valence-electron chi connectivity index (χ2n) is 3.57. The molecule has 1 heterocycles. The third-order valence-corrected chi connectivity index (χ3v) is 2.54. The summed E-state index contributed by atoms with van der Waals surface area (Å²) in [6.45, 7) is 1.68. The van der Waals surface area contributed by atoms with E-state index in [2.05, 4.69) is 5.32 Å². The number of hydrogen-bond acceptors (Lipinski definition) is 3. The first-order valence-electron chi connectivity index (χ1n) is 4.92. The Bertz CT molecular complexity index is 445. The summed E-state index contributed by atoms with van der Waals surface area (Å²) >= 11 is 0. The minimum Gasteiger partial charge on any atom is -0.476 e. The highest BCUT2D eigenvalue weighted by molar-refractivity contribution is 6.01. The normalized spacial score (nSPS) is 18.8. The van der Waals surface area contributed by atoms with E-state index in [-0.39, 0.29) is 5.91 Å². The Labute approximate surface area is 93.0 Å². The fourth-order valence-corrected chi connectivity index (χ4v) is 1.71. The predicted octanol–water partition coefficient (Wildman–Crippen LogP) is 0.999. The van der Waals surface area contributed by atoms with Crippen molar-refractivity contribution in [1.29, 1.82) is 0 Å². The molecule has 16 heavy (non-hydrogen) atoms. The molecule has 1 unspecified atom stereocenters. The molecule has 1 aromatic carbocycles. The topological polar surface area (TPSA) is 58.6 Å². The fraction of sp³-hybridized carbons (Fsp3) is 0.273. The van der Waals surface area contributed by atoms with Crippen molar-refractivity contribution in [2.45, 2.75) is 13.0 Å². The van der Waals surface area contributed by atoms with Gasteiger partial charge in [0, 0.05) is 7.05 Å². The van der Waals surface area contributed by atoms with Gasteiger partial charge in [-0.2, -0.15) is 0 Å². The Morgan fingerprint density at radius 1 is 1.50 bits per heavy atom. The van der Waals surface area contributed by atoms with E-state index in [1.54, 1.807) is 32.2 Å². The summed E-state index contributed by atoms with van der Waals surface area (Å²) in [6.07, 6.45) is 0.0483. The van der Waals surface area contributed by atoms with E-state index in [4.69, 9.17) is 4.74 Å². The smallest absolute Gasteiger partial charge is 0.267 e. The van der Waals surface area contributed by atoms with E-state index < -0.39 is 6.10 Å². The van der Waals surface area contributed by atoms with Gasteiger partial charge < -0.3 is 15.0 Å². The lowest BCUT2D eigenvalue weighted by atomic mass is 10.2. The number of rotatable bonds is 2. The van der Waals surface area contributed by atoms with Crippen LogP contribution >= 0.6 is 0 Å².